The zero-order valence-corrected chi connectivity index (χ0v) is 12.2. The van der Waals surface area contributed by atoms with Crippen LogP contribution in [0.2, 0.25) is 0 Å². The van der Waals surface area contributed by atoms with Crippen LogP contribution in [0.1, 0.15) is 47.0 Å². The Labute approximate surface area is 101 Å². The van der Waals surface area contributed by atoms with Gasteiger partial charge in [0.25, 0.3) is 0 Å². The Bertz CT molecular complexity index is 178. The Balaban J connectivity index is 4.62. The normalized spacial score (nSPS) is 11.8. The van der Waals surface area contributed by atoms with Crippen LogP contribution in [0.25, 0.3) is 0 Å². The second-order valence-corrected chi connectivity index (χ2v) is 6.25. The maximum Gasteiger partial charge on any atom is 0.532 e. The number of hydrogen-bond acceptors (Lipinski definition) is 3. The first-order valence-corrected chi connectivity index (χ1v) is 7.99. The van der Waals surface area contributed by atoms with E-state index < -0.39 is 8.80 Å². The second kappa shape index (κ2) is 8.93. The number of allylic oxidation sites excluding steroid dienone is 1. The molecule has 0 amide bonds. The molecule has 0 aliphatic heterocycles. The summed E-state index contributed by atoms with van der Waals surface area (Å²) < 4.78 is 17.3. The van der Waals surface area contributed by atoms with E-state index in [1.54, 1.807) is 0 Å². The van der Waals surface area contributed by atoms with E-state index in [1.807, 2.05) is 20.8 Å². The van der Waals surface area contributed by atoms with Crippen molar-refractivity contribution in [3.8, 4) is 0 Å². The van der Waals surface area contributed by atoms with Crippen LogP contribution in [0.4, 0.5) is 0 Å². The summed E-state index contributed by atoms with van der Waals surface area (Å²) in [6.07, 6.45) is 3.19. The van der Waals surface area contributed by atoms with E-state index in [0.29, 0.717) is 19.8 Å². The predicted molar refractivity (Wildman–Crippen MR) is 69.3 cm³/mol. The average molecular weight is 246 g/mol. The van der Waals surface area contributed by atoms with Gasteiger partial charge in [0.05, 0.1) is 0 Å². The molecule has 0 aromatic carbocycles. The molecule has 0 atom stereocenters. The van der Waals surface area contributed by atoms with Gasteiger partial charge in [-0.3, -0.25) is 0 Å². The van der Waals surface area contributed by atoms with Crippen molar-refractivity contribution in [2.75, 3.05) is 19.8 Å². The first-order valence-electron chi connectivity index (χ1n) is 6.26. The van der Waals surface area contributed by atoms with Crippen LogP contribution in [0.3, 0.4) is 0 Å². The molecule has 0 spiro atoms. The molecular formula is C12H26O3Si. The molecule has 3 nitrogen and oxygen atoms in total. The first-order chi connectivity index (χ1) is 7.66. The minimum atomic E-state index is -2.63. The molecule has 0 aromatic rings. The highest BCUT2D eigenvalue weighted by molar-refractivity contribution is 6.68. The molecule has 0 heterocycles. The first kappa shape index (κ1) is 15.8. The van der Waals surface area contributed by atoms with Crippen molar-refractivity contribution in [3.63, 3.8) is 0 Å². The summed E-state index contributed by atoms with van der Waals surface area (Å²) in [6, 6.07) is 0. The average Bonchev–Trinajstić information content (AvgIpc) is 2.26. The topological polar surface area (TPSA) is 27.7 Å². The van der Waals surface area contributed by atoms with Gasteiger partial charge in [0.15, 0.2) is 0 Å². The monoisotopic (exact) mass is 246 g/mol. The quantitative estimate of drug-likeness (QED) is 0.553. The van der Waals surface area contributed by atoms with Crippen LogP contribution in [-0.2, 0) is 13.3 Å². The zero-order valence-electron chi connectivity index (χ0n) is 11.2. The maximum atomic E-state index is 5.76. The molecule has 0 rings (SSSR count). The largest absolute Gasteiger partial charge is 0.532 e. The predicted octanol–water partition coefficient (Wildman–Crippen LogP) is 3.32. The van der Waals surface area contributed by atoms with Crippen molar-refractivity contribution in [1.29, 1.82) is 0 Å². The SMILES string of the molecule is C=C(CCCC)[Si](OCC)(OCC)OCC. The van der Waals surface area contributed by atoms with Crippen LogP contribution in [-0.4, -0.2) is 28.6 Å². The molecule has 4 heteroatoms. The lowest BCUT2D eigenvalue weighted by Crippen LogP contribution is -2.48. The Hall–Kier alpha value is -0.163. The molecule has 0 saturated heterocycles. The van der Waals surface area contributed by atoms with E-state index in [4.69, 9.17) is 13.3 Å². The van der Waals surface area contributed by atoms with E-state index in [9.17, 15) is 0 Å². The van der Waals surface area contributed by atoms with Gasteiger partial charge in [-0.15, -0.1) is 0 Å². The lowest BCUT2D eigenvalue weighted by Gasteiger charge is -2.30. The van der Waals surface area contributed by atoms with Gasteiger partial charge < -0.3 is 13.3 Å². The molecule has 0 aliphatic rings. The molecular weight excluding hydrogens is 220 g/mol. The van der Waals surface area contributed by atoms with Crippen LogP contribution >= 0.6 is 0 Å². The summed E-state index contributed by atoms with van der Waals surface area (Å²) in [6.45, 7) is 14.0. The van der Waals surface area contributed by atoms with Crippen LogP contribution < -0.4 is 0 Å². The van der Waals surface area contributed by atoms with E-state index in [-0.39, 0.29) is 0 Å². The zero-order chi connectivity index (χ0) is 12.4. The molecule has 0 N–H and O–H groups in total. The second-order valence-electron chi connectivity index (χ2n) is 3.56. The minimum absolute atomic E-state index is 0.608. The summed E-state index contributed by atoms with van der Waals surface area (Å²) in [5.74, 6) is 0. The fraction of sp³-hybridized carbons (Fsp3) is 0.833. The lowest BCUT2D eigenvalue weighted by molar-refractivity contribution is 0.0798. The van der Waals surface area contributed by atoms with Gasteiger partial charge >= 0.3 is 8.80 Å². The minimum Gasteiger partial charge on any atom is -0.371 e. The standard InChI is InChI=1S/C12H26O3Si/c1-6-10-11-12(5)16(13-7-2,14-8-3)15-9-4/h5-11H2,1-4H3. The molecule has 0 aliphatic carbocycles. The molecule has 0 unspecified atom stereocenters. The van der Waals surface area contributed by atoms with Gasteiger partial charge in [-0.2, -0.15) is 0 Å². The highest BCUT2D eigenvalue weighted by atomic mass is 28.4. The molecule has 96 valence electrons. The third kappa shape index (κ3) is 4.78. The van der Waals surface area contributed by atoms with Gasteiger partial charge in [0, 0.05) is 19.8 Å². The Morgan fingerprint density at radius 1 is 0.938 bits per heavy atom. The van der Waals surface area contributed by atoms with Crippen molar-refractivity contribution in [1.82, 2.24) is 0 Å². The Morgan fingerprint density at radius 2 is 1.38 bits per heavy atom. The van der Waals surface area contributed by atoms with E-state index in [2.05, 4.69) is 13.5 Å². The van der Waals surface area contributed by atoms with Gasteiger partial charge in [-0.05, 0) is 38.8 Å². The summed E-state index contributed by atoms with van der Waals surface area (Å²) in [7, 11) is -2.63. The third-order valence-corrected chi connectivity index (χ3v) is 5.39. The van der Waals surface area contributed by atoms with E-state index in [1.165, 1.54) is 0 Å². The number of rotatable bonds is 10. The van der Waals surface area contributed by atoms with Crippen LogP contribution in [0, 0.1) is 0 Å². The van der Waals surface area contributed by atoms with Crippen molar-refractivity contribution in [3.05, 3.63) is 11.8 Å². The van der Waals surface area contributed by atoms with Crippen LogP contribution in [0.5, 0.6) is 0 Å². The fourth-order valence-electron chi connectivity index (χ4n) is 1.54. The summed E-state index contributed by atoms with van der Waals surface area (Å²) in [5, 5.41) is 1.01. The molecule has 0 radical (unpaired) electrons. The maximum absolute atomic E-state index is 5.76. The molecule has 0 aromatic heterocycles. The molecule has 0 bridgehead atoms. The molecule has 16 heavy (non-hydrogen) atoms. The van der Waals surface area contributed by atoms with Crippen molar-refractivity contribution in [2.45, 2.75) is 47.0 Å². The molecule has 0 fully saturated rings. The number of hydrogen-bond donors (Lipinski definition) is 0. The lowest BCUT2D eigenvalue weighted by atomic mass is 10.2. The fourth-order valence-corrected chi connectivity index (χ4v) is 4.03. The van der Waals surface area contributed by atoms with Crippen molar-refractivity contribution in [2.24, 2.45) is 0 Å². The van der Waals surface area contributed by atoms with Gasteiger partial charge in [-0.1, -0.05) is 19.9 Å². The highest BCUT2D eigenvalue weighted by Crippen LogP contribution is 2.23. The van der Waals surface area contributed by atoms with Gasteiger partial charge in [0.2, 0.25) is 0 Å². The van der Waals surface area contributed by atoms with Crippen molar-refractivity contribution < 1.29 is 13.3 Å². The Morgan fingerprint density at radius 3 is 1.69 bits per heavy atom. The van der Waals surface area contributed by atoms with E-state index in [0.717, 1.165) is 24.5 Å². The van der Waals surface area contributed by atoms with Gasteiger partial charge in [-0.25, -0.2) is 0 Å². The Kier molecular flexibility index (Phi) is 8.84. The molecule has 0 saturated carbocycles. The smallest absolute Gasteiger partial charge is 0.371 e. The third-order valence-electron chi connectivity index (χ3n) is 2.27. The van der Waals surface area contributed by atoms with E-state index >= 15 is 0 Å². The number of unbranched alkanes of at least 4 members (excludes halogenated alkanes) is 1. The van der Waals surface area contributed by atoms with Crippen molar-refractivity contribution >= 4 is 8.80 Å². The summed E-state index contributed by atoms with van der Waals surface area (Å²) in [5.41, 5.74) is 0. The summed E-state index contributed by atoms with van der Waals surface area (Å²) >= 11 is 0. The summed E-state index contributed by atoms with van der Waals surface area (Å²) in [4.78, 5) is 0. The highest BCUT2D eigenvalue weighted by Gasteiger charge is 2.43. The van der Waals surface area contributed by atoms with Crippen LogP contribution in [0.15, 0.2) is 11.8 Å². The van der Waals surface area contributed by atoms with Gasteiger partial charge in [0.1, 0.15) is 0 Å².